The summed E-state index contributed by atoms with van der Waals surface area (Å²) in [6.07, 6.45) is 2.83. The van der Waals surface area contributed by atoms with Crippen molar-refractivity contribution in [3.63, 3.8) is 0 Å². The van der Waals surface area contributed by atoms with Crippen molar-refractivity contribution < 1.29 is 24.2 Å². The molecule has 3 heterocycles. The summed E-state index contributed by atoms with van der Waals surface area (Å²) in [7, 11) is 1.58. The van der Waals surface area contributed by atoms with Crippen LogP contribution in [0.1, 0.15) is 18.1 Å². The number of amides is 2. The number of aromatic nitrogens is 2. The number of ether oxygens (including phenoxy) is 2. The zero-order valence-corrected chi connectivity index (χ0v) is 18.9. The first-order chi connectivity index (χ1) is 16.5. The monoisotopic (exact) mass is 459 g/mol. The van der Waals surface area contributed by atoms with E-state index in [9.17, 15) is 14.7 Å². The van der Waals surface area contributed by atoms with E-state index in [1.165, 1.54) is 0 Å². The number of para-hydroxylation sites is 1. The maximum Gasteiger partial charge on any atom is 0.259 e. The molecule has 2 aromatic carbocycles. The highest BCUT2D eigenvalue weighted by atomic mass is 16.5. The van der Waals surface area contributed by atoms with Crippen LogP contribution < -0.4 is 10.1 Å². The summed E-state index contributed by atoms with van der Waals surface area (Å²) < 4.78 is 12.7. The van der Waals surface area contributed by atoms with Crippen LogP contribution in [0.2, 0.25) is 0 Å². The smallest absolute Gasteiger partial charge is 0.259 e. The van der Waals surface area contributed by atoms with Gasteiger partial charge in [-0.05, 0) is 31.2 Å². The molecule has 1 aliphatic heterocycles. The summed E-state index contributed by atoms with van der Waals surface area (Å²) in [6, 6.07) is 13.2. The zero-order chi connectivity index (χ0) is 23.8. The zero-order valence-electron chi connectivity index (χ0n) is 18.9. The van der Waals surface area contributed by atoms with E-state index in [4.69, 9.17) is 9.47 Å². The van der Waals surface area contributed by atoms with Gasteiger partial charge < -0.3 is 24.1 Å². The van der Waals surface area contributed by atoms with E-state index in [1.54, 1.807) is 13.3 Å². The van der Waals surface area contributed by atoms with Gasteiger partial charge in [0.05, 0.1) is 37.5 Å². The standard InChI is InChI=1S/C26H25N3O5/c1-3-34-14-15(30)12-29-13-20(18-10-16(33-2)8-9-22(18)29)24-23(25(31)28-26(24)32)19-11-27-21-7-5-4-6-17(19)21/h4-11,13,15,27,30H,3,12,14H2,1-2H3,(H,28,31,32). The third-order valence-corrected chi connectivity index (χ3v) is 6.07. The van der Waals surface area contributed by atoms with Crippen LogP contribution in [-0.2, 0) is 20.9 Å². The van der Waals surface area contributed by atoms with Gasteiger partial charge in [0.25, 0.3) is 11.8 Å². The Bertz CT molecular complexity index is 1450. The fourth-order valence-corrected chi connectivity index (χ4v) is 4.53. The molecule has 174 valence electrons. The van der Waals surface area contributed by atoms with Crippen LogP contribution in [0.15, 0.2) is 54.9 Å². The van der Waals surface area contributed by atoms with Crippen molar-refractivity contribution in [3.05, 3.63) is 66.0 Å². The molecule has 3 N–H and O–H groups in total. The van der Waals surface area contributed by atoms with Crippen LogP contribution in [0.25, 0.3) is 33.0 Å². The fraction of sp³-hybridized carbons (Fsp3) is 0.231. The van der Waals surface area contributed by atoms with Gasteiger partial charge in [-0.1, -0.05) is 18.2 Å². The first-order valence-electron chi connectivity index (χ1n) is 11.1. The second-order valence-electron chi connectivity index (χ2n) is 8.17. The highest BCUT2D eigenvalue weighted by Crippen LogP contribution is 2.39. The molecule has 1 unspecified atom stereocenters. The first kappa shape index (κ1) is 21.9. The van der Waals surface area contributed by atoms with Crippen molar-refractivity contribution in [2.75, 3.05) is 20.3 Å². The predicted octanol–water partition coefficient (Wildman–Crippen LogP) is 3.10. The van der Waals surface area contributed by atoms with Crippen molar-refractivity contribution in [1.29, 1.82) is 0 Å². The molecule has 8 nitrogen and oxygen atoms in total. The molecule has 5 rings (SSSR count). The van der Waals surface area contributed by atoms with Gasteiger partial charge in [0.15, 0.2) is 0 Å². The van der Waals surface area contributed by atoms with E-state index in [2.05, 4.69) is 10.3 Å². The van der Waals surface area contributed by atoms with Crippen LogP contribution >= 0.6 is 0 Å². The molecule has 1 atom stereocenters. The molecule has 1 aliphatic rings. The molecule has 4 aromatic rings. The highest BCUT2D eigenvalue weighted by molar-refractivity contribution is 6.50. The van der Waals surface area contributed by atoms with Gasteiger partial charge >= 0.3 is 0 Å². The van der Waals surface area contributed by atoms with E-state index in [0.29, 0.717) is 34.6 Å². The Kier molecular flexibility index (Phi) is 5.69. The number of aliphatic hydroxyl groups excluding tert-OH is 1. The van der Waals surface area contributed by atoms with Gasteiger partial charge in [0.1, 0.15) is 5.75 Å². The number of imide groups is 1. The number of hydrogen-bond acceptors (Lipinski definition) is 5. The maximum atomic E-state index is 13.1. The number of rotatable bonds is 8. The molecule has 0 radical (unpaired) electrons. The minimum Gasteiger partial charge on any atom is -0.497 e. The molecule has 0 bridgehead atoms. The fourth-order valence-electron chi connectivity index (χ4n) is 4.53. The summed E-state index contributed by atoms with van der Waals surface area (Å²) >= 11 is 0. The Hall–Kier alpha value is -3.88. The SMILES string of the molecule is CCOCC(O)Cn1cc(C2=C(c3c[nH]c4ccccc34)C(=O)NC2=O)c2cc(OC)ccc21. The van der Waals surface area contributed by atoms with Gasteiger partial charge in [-0.25, -0.2) is 0 Å². The first-order valence-corrected chi connectivity index (χ1v) is 11.1. The van der Waals surface area contributed by atoms with Crippen molar-refractivity contribution in [3.8, 4) is 5.75 Å². The molecule has 0 saturated heterocycles. The van der Waals surface area contributed by atoms with Crippen molar-refractivity contribution in [2.24, 2.45) is 0 Å². The van der Waals surface area contributed by atoms with Crippen molar-refractivity contribution >= 4 is 44.8 Å². The lowest BCUT2D eigenvalue weighted by molar-refractivity contribution is -0.122. The molecule has 2 aromatic heterocycles. The second kappa shape index (κ2) is 8.81. The van der Waals surface area contributed by atoms with Crippen molar-refractivity contribution in [1.82, 2.24) is 14.9 Å². The number of H-pyrrole nitrogens is 1. The topological polar surface area (TPSA) is 106 Å². The molecular formula is C26H25N3O5. The normalized spacial score (nSPS) is 14.9. The largest absolute Gasteiger partial charge is 0.497 e. The summed E-state index contributed by atoms with van der Waals surface area (Å²) in [5.74, 6) is -0.271. The van der Waals surface area contributed by atoms with Crippen molar-refractivity contribution in [2.45, 2.75) is 19.6 Å². The number of aliphatic hydroxyl groups is 1. The lowest BCUT2D eigenvalue weighted by Crippen LogP contribution is -2.22. The Morgan fingerprint density at radius 3 is 2.56 bits per heavy atom. The molecule has 34 heavy (non-hydrogen) atoms. The number of benzene rings is 2. The van der Waals surface area contributed by atoms with Crippen LogP contribution in [-0.4, -0.2) is 52.9 Å². The third kappa shape index (κ3) is 3.67. The Labute approximate surface area is 195 Å². The molecule has 8 heteroatoms. The molecule has 0 aliphatic carbocycles. The average Bonchev–Trinajstić information content (AvgIpc) is 3.50. The minimum absolute atomic E-state index is 0.198. The molecule has 0 spiro atoms. The van der Waals surface area contributed by atoms with Gasteiger partial charge in [-0.15, -0.1) is 0 Å². The number of carbonyl (C=O) groups excluding carboxylic acids is 2. The van der Waals surface area contributed by atoms with E-state index in [-0.39, 0.29) is 13.2 Å². The quantitative estimate of drug-likeness (QED) is 0.351. The van der Waals surface area contributed by atoms with Gasteiger partial charge in [0.2, 0.25) is 0 Å². The van der Waals surface area contributed by atoms with Crippen LogP contribution in [0, 0.1) is 0 Å². The number of methoxy groups -OCH3 is 1. The van der Waals surface area contributed by atoms with E-state index < -0.39 is 17.9 Å². The molecule has 0 saturated carbocycles. The van der Waals surface area contributed by atoms with Crippen LogP contribution in [0.3, 0.4) is 0 Å². The Balaban J connectivity index is 1.72. The summed E-state index contributed by atoms with van der Waals surface area (Å²) in [5.41, 5.74) is 3.56. The highest BCUT2D eigenvalue weighted by Gasteiger charge is 2.35. The lowest BCUT2D eigenvalue weighted by atomic mass is 9.95. The number of hydrogen-bond donors (Lipinski definition) is 3. The maximum absolute atomic E-state index is 13.1. The van der Waals surface area contributed by atoms with E-state index >= 15 is 0 Å². The molecule has 0 fully saturated rings. The van der Waals surface area contributed by atoms with Crippen LogP contribution in [0.5, 0.6) is 5.75 Å². The van der Waals surface area contributed by atoms with E-state index in [1.807, 2.05) is 60.2 Å². The van der Waals surface area contributed by atoms with Crippen LogP contribution in [0.4, 0.5) is 0 Å². The second-order valence-corrected chi connectivity index (χ2v) is 8.17. The number of nitrogens with zero attached hydrogens (tertiary/aromatic N) is 1. The third-order valence-electron chi connectivity index (χ3n) is 6.07. The average molecular weight is 460 g/mol. The Morgan fingerprint density at radius 2 is 1.79 bits per heavy atom. The number of fused-ring (bicyclic) bond motifs is 2. The number of carbonyl (C=O) groups is 2. The van der Waals surface area contributed by atoms with E-state index in [0.717, 1.165) is 21.8 Å². The number of nitrogens with one attached hydrogen (secondary N) is 2. The summed E-state index contributed by atoms with van der Waals surface area (Å²) in [5, 5.41) is 14.5. The lowest BCUT2D eigenvalue weighted by Gasteiger charge is -2.12. The predicted molar refractivity (Wildman–Crippen MR) is 129 cm³/mol. The summed E-state index contributed by atoms with van der Waals surface area (Å²) in [4.78, 5) is 29.2. The number of aromatic amines is 1. The molecule has 2 amide bonds. The van der Waals surface area contributed by atoms with Gasteiger partial charge in [0, 0.05) is 51.9 Å². The Morgan fingerprint density at radius 1 is 1.03 bits per heavy atom. The van der Waals surface area contributed by atoms with Gasteiger partial charge in [-0.2, -0.15) is 0 Å². The molecular weight excluding hydrogens is 434 g/mol. The minimum atomic E-state index is -0.730. The summed E-state index contributed by atoms with van der Waals surface area (Å²) in [6.45, 7) is 2.85. The van der Waals surface area contributed by atoms with Gasteiger partial charge in [-0.3, -0.25) is 14.9 Å².